The van der Waals surface area contributed by atoms with Crippen LogP contribution in [-0.2, 0) is 13.0 Å². The van der Waals surface area contributed by atoms with Crippen molar-refractivity contribution in [2.24, 2.45) is 7.05 Å². The number of fused-ring (bicyclic) bond motifs is 1. The Balaban J connectivity index is 2.15. The Bertz CT molecular complexity index is 814. The first kappa shape index (κ1) is 13.8. The van der Waals surface area contributed by atoms with Gasteiger partial charge >= 0.3 is 5.92 Å². The van der Waals surface area contributed by atoms with E-state index < -0.39 is 23.1 Å². The molecule has 0 saturated carbocycles. The maximum Gasteiger partial charge on any atom is 0.331 e. The Labute approximate surface area is 122 Å². The van der Waals surface area contributed by atoms with Crippen LogP contribution >= 0.6 is 11.6 Å². The minimum absolute atomic E-state index is 0.0780. The van der Waals surface area contributed by atoms with Gasteiger partial charge in [0, 0.05) is 18.8 Å². The van der Waals surface area contributed by atoms with Crippen molar-refractivity contribution < 1.29 is 13.2 Å². The SMILES string of the molecule is Cn1cc2c(Cl)nc(C(F)(F)c3ccc(F)cc3)nc2n1. The lowest BCUT2D eigenvalue weighted by Gasteiger charge is -2.15. The van der Waals surface area contributed by atoms with Crippen LogP contribution in [0.15, 0.2) is 30.5 Å². The Morgan fingerprint density at radius 2 is 1.81 bits per heavy atom. The van der Waals surface area contributed by atoms with Crippen molar-refractivity contribution in [1.29, 1.82) is 0 Å². The van der Waals surface area contributed by atoms with Crippen molar-refractivity contribution >= 4 is 22.6 Å². The molecule has 3 rings (SSSR count). The molecule has 0 amide bonds. The molecule has 4 nitrogen and oxygen atoms in total. The summed E-state index contributed by atoms with van der Waals surface area (Å²) in [7, 11) is 1.62. The fourth-order valence-corrected chi connectivity index (χ4v) is 2.13. The molecule has 21 heavy (non-hydrogen) atoms. The minimum atomic E-state index is -3.50. The molecule has 0 aliphatic rings. The molecule has 108 valence electrons. The van der Waals surface area contributed by atoms with Crippen molar-refractivity contribution in [2.75, 3.05) is 0 Å². The summed E-state index contributed by atoms with van der Waals surface area (Å²) in [5.74, 6) is -4.87. The maximum absolute atomic E-state index is 14.4. The van der Waals surface area contributed by atoms with Crippen molar-refractivity contribution in [1.82, 2.24) is 19.7 Å². The van der Waals surface area contributed by atoms with Crippen molar-refractivity contribution in [3.63, 3.8) is 0 Å². The van der Waals surface area contributed by atoms with Gasteiger partial charge in [-0.25, -0.2) is 14.4 Å². The molecule has 0 unspecified atom stereocenters. The highest BCUT2D eigenvalue weighted by atomic mass is 35.5. The lowest BCUT2D eigenvalue weighted by Crippen LogP contribution is -2.19. The molecule has 0 radical (unpaired) electrons. The number of nitrogens with zero attached hydrogens (tertiary/aromatic N) is 4. The van der Waals surface area contributed by atoms with E-state index in [9.17, 15) is 13.2 Å². The Morgan fingerprint density at radius 3 is 2.48 bits per heavy atom. The number of hydrogen-bond acceptors (Lipinski definition) is 3. The zero-order valence-electron chi connectivity index (χ0n) is 10.7. The second-order valence-corrected chi connectivity index (χ2v) is 4.82. The zero-order valence-corrected chi connectivity index (χ0v) is 11.4. The molecule has 0 N–H and O–H groups in total. The summed E-state index contributed by atoms with van der Waals surface area (Å²) < 4.78 is 43.0. The monoisotopic (exact) mass is 312 g/mol. The average molecular weight is 313 g/mol. The van der Waals surface area contributed by atoms with Gasteiger partial charge in [-0.15, -0.1) is 0 Å². The first-order chi connectivity index (χ1) is 9.88. The first-order valence-corrected chi connectivity index (χ1v) is 6.27. The molecule has 0 aliphatic heterocycles. The standard InChI is InChI=1S/C13H8ClF3N4/c1-21-6-9-10(14)18-12(19-11(9)20-21)13(16,17)7-2-4-8(15)5-3-7/h2-6H,1H3. The summed E-state index contributed by atoms with van der Waals surface area (Å²) >= 11 is 5.90. The Kier molecular flexibility index (Phi) is 3.09. The fourth-order valence-electron chi connectivity index (χ4n) is 1.91. The second-order valence-electron chi connectivity index (χ2n) is 4.46. The van der Waals surface area contributed by atoms with E-state index >= 15 is 0 Å². The van der Waals surface area contributed by atoms with E-state index in [1.165, 1.54) is 10.9 Å². The molecule has 1 aromatic carbocycles. The van der Waals surface area contributed by atoms with Gasteiger partial charge in [-0.1, -0.05) is 11.6 Å². The summed E-state index contributed by atoms with van der Waals surface area (Å²) in [6.45, 7) is 0. The van der Waals surface area contributed by atoms with Crippen LogP contribution in [0.2, 0.25) is 5.15 Å². The van der Waals surface area contributed by atoms with Gasteiger partial charge in [-0.2, -0.15) is 13.9 Å². The molecule has 0 atom stereocenters. The molecular formula is C13H8ClF3N4. The van der Waals surface area contributed by atoms with E-state index in [1.54, 1.807) is 7.05 Å². The zero-order chi connectivity index (χ0) is 15.2. The number of rotatable bonds is 2. The van der Waals surface area contributed by atoms with Crippen LogP contribution in [0.1, 0.15) is 11.4 Å². The third-order valence-corrected chi connectivity index (χ3v) is 3.22. The third-order valence-electron chi connectivity index (χ3n) is 2.94. The second kappa shape index (κ2) is 4.70. The van der Waals surface area contributed by atoms with Crippen LogP contribution in [0.5, 0.6) is 0 Å². The van der Waals surface area contributed by atoms with Gasteiger partial charge in [0.05, 0.1) is 5.39 Å². The number of aryl methyl sites for hydroxylation is 1. The lowest BCUT2D eigenvalue weighted by molar-refractivity contribution is 0.0331. The van der Waals surface area contributed by atoms with E-state index in [0.29, 0.717) is 5.39 Å². The van der Waals surface area contributed by atoms with Crippen LogP contribution in [-0.4, -0.2) is 19.7 Å². The molecule has 0 fully saturated rings. The topological polar surface area (TPSA) is 43.6 Å². The molecule has 3 aromatic rings. The van der Waals surface area contributed by atoms with E-state index in [2.05, 4.69) is 15.1 Å². The van der Waals surface area contributed by atoms with Crippen LogP contribution < -0.4 is 0 Å². The Morgan fingerprint density at radius 1 is 1.14 bits per heavy atom. The summed E-state index contributed by atoms with van der Waals surface area (Å²) in [6.07, 6.45) is 1.54. The predicted molar refractivity (Wildman–Crippen MR) is 70.7 cm³/mol. The summed E-state index contributed by atoms with van der Waals surface area (Å²) in [5, 5.41) is 4.22. The van der Waals surface area contributed by atoms with Crippen LogP contribution in [0.3, 0.4) is 0 Å². The quantitative estimate of drug-likeness (QED) is 0.682. The molecule has 2 aromatic heterocycles. The van der Waals surface area contributed by atoms with Crippen LogP contribution in [0.25, 0.3) is 11.0 Å². The molecule has 0 aliphatic carbocycles. The normalized spacial score (nSPS) is 12.0. The van der Waals surface area contributed by atoms with Crippen molar-refractivity contribution in [3.8, 4) is 0 Å². The van der Waals surface area contributed by atoms with Gasteiger partial charge < -0.3 is 0 Å². The third kappa shape index (κ3) is 2.33. The van der Waals surface area contributed by atoms with Gasteiger partial charge in [0.2, 0.25) is 5.82 Å². The summed E-state index contributed by atoms with van der Waals surface area (Å²) in [4.78, 5) is 7.40. The van der Waals surface area contributed by atoms with E-state index in [0.717, 1.165) is 24.3 Å². The highest BCUT2D eigenvalue weighted by Gasteiger charge is 2.38. The number of aromatic nitrogens is 4. The molecular weight excluding hydrogens is 305 g/mol. The summed E-state index contributed by atoms with van der Waals surface area (Å²) in [6, 6.07) is 3.86. The van der Waals surface area contributed by atoms with Gasteiger partial charge in [0.25, 0.3) is 0 Å². The maximum atomic E-state index is 14.4. The molecule has 2 heterocycles. The van der Waals surface area contributed by atoms with Gasteiger partial charge in [0.1, 0.15) is 11.0 Å². The lowest BCUT2D eigenvalue weighted by atomic mass is 10.1. The van der Waals surface area contributed by atoms with E-state index in [4.69, 9.17) is 11.6 Å². The molecule has 0 saturated heterocycles. The average Bonchev–Trinajstić information content (AvgIpc) is 2.80. The largest absolute Gasteiger partial charge is 0.331 e. The molecule has 0 spiro atoms. The smallest absolute Gasteiger partial charge is 0.273 e. The number of halogens is 4. The molecule has 0 bridgehead atoms. The minimum Gasteiger partial charge on any atom is -0.273 e. The van der Waals surface area contributed by atoms with Crippen molar-refractivity contribution in [3.05, 3.63) is 52.8 Å². The molecule has 8 heteroatoms. The van der Waals surface area contributed by atoms with Crippen molar-refractivity contribution in [2.45, 2.75) is 5.92 Å². The first-order valence-electron chi connectivity index (χ1n) is 5.89. The number of hydrogen-bond donors (Lipinski definition) is 0. The van der Waals surface area contributed by atoms with Crippen LogP contribution in [0.4, 0.5) is 13.2 Å². The fraction of sp³-hybridized carbons (Fsp3) is 0.154. The van der Waals surface area contributed by atoms with E-state index in [1.807, 2.05) is 0 Å². The van der Waals surface area contributed by atoms with Gasteiger partial charge in [-0.05, 0) is 24.3 Å². The highest BCUT2D eigenvalue weighted by molar-refractivity contribution is 6.33. The van der Waals surface area contributed by atoms with E-state index in [-0.39, 0.29) is 10.8 Å². The Hall–Kier alpha value is -2.15. The predicted octanol–water partition coefficient (Wildman–Crippen LogP) is 3.30. The van der Waals surface area contributed by atoms with Gasteiger partial charge in [-0.3, -0.25) is 4.68 Å². The van der Waals surface area contributed by atoms with Gasteiger partial charge in [0.15, 0.2) is 5.65 Å². The number of alkyl halides is 2. The van der Waals surface area contributed by atoms with Crippen LogP contribution in [0, 0.1) is 5.82 Å². The highest BCUT2D eigenvalue weighted by Crippen LogP contribution is 2.35. The number of benzene rings is 1. The summed E-state index contributed by atoms with van der Waals surface area (Å²) in [5.41, 5.74) is -0.343.